The molecule has 0 radical (unpaired) electrons. The number of hydrogen-bond acceptors (Lipinski definition) is 3. The first-order valence-electron chi connectivity index (χ1n) is 5.58. The topological polar surface area (TPSA) is 42.2 Å². The molecule has 2 rings (SSSR count). The summed E-state index contributed by atoms with van der Waals surface area (Å²) in [5.41, 5.74) is 2.21. The van der Waals surface area contributed by atoms with E-state index >= 15 is 0 Å². The molecule has 0 aliphatic carbocycles. The van der Waals surface area contributed by atoms with E-state index in [1.807, 2.05) is 54.6 Å². The summed E-state index contributed by atoms with van der Waals surface area (Å²) < 4.78 is 10.3. The molecule has 0 unspecified atom stereocenters. The Hall–Kier alpha value is -2.47. The standard InChI is InChI=1S/C15H13NO2/c1-17-14-6-2-12(3-7-14)13-4-8-15(9-5-13)18-11-10-16/h2-9H,11H2,1H3. The van der Waals surface area contributed by atoms with Gasteiger partial charge in [-0.05, 0) is 35.4 Å². The second-order valence-corrected chi connectivity index (χ2v) is 3.70. The van der Waals surface area contributed by atoms with Crippen molar-refractivity contribution >= 4 is 0 Å². The highest BCUT2D eigenvalue weighted by Gasteiger charge is 1.99. The Labute approximate surface area is 106 Å². The van der Waals surface area contributed by atoms with E-state index in [4.69, 9.17) is 14.7 Å². The number of ether oxygens (including phenoxy) is 2. The lowest BCUT2D eigenvalue weighted by Crippen LogP contribution is -1.92. The maximum absolute atomic E-state index is 8.42. The molecule has 0 aromatic heterocycles. The monoisotopic (exact) mass is 239 g/mol. The maximum atomic E-state index is 8.42. The molecule has 0 atom stereocenters. The summed E-state index contributed by atoms with van der Waals surface area (Å²) in [6.45, 7) is 0.0713. The molecule has 3 nitrogen and oxygen atoms in total. The van der Waals surface area contributed by atoms with Crippen molar-refractivity contribution in [3.63, 3.8) is 0 Å². The van der Waals surface area contributed by atoms with Gasteiger partial charge in [-0.3, -0.25) is 0 Å². The van der Waals surface area contributed by atoms with Crippen LogP contribution >= 0.6 is 0 Å². The van der Waals surface area contributed by atoms with E-state index in [9.17, 15) is 0 Å². The molecule has 2 aromatic rings. The quantitative estimate of drug-likeness (QED) is 0.822. The van der Waals surface area contributed by atoms with Gasteiger partial charge in [0.25, 0.3) is 0 Å². The van der Waals surface area contributed by atoms with Crippen LogP contribution in [-0.2, 0) is 0 Å². The largest absolute Gasteiger partial charge is 0.497 e. The summed E-state index contributed by atoms with van der Waals surface area (Å²) in [7, 11) is 1.65. The normalized spacial score (nSPS) is 9.56. The van der Waals surface area contributed by atoms with Crippen LogP contribution in [0.3, 0.4) is 0 Å². The van der Waals surface area contributed by atoms with E-state index in [1.54, 1.807) is 7.11 Å². The van der Waals surface area contributed by atoms with E-state index in [1.165, 1.54) is 0 Å². The van der Waals surface area contributed by atoms with Crippen molar-refractivity contribution in [2.75, 3.05) is 13.7 Å². The number of nitriles is 1. The summed E-state index contributed by atoms with van der Waals surface area (Å²) in [5.74, 6) is 1.54. The molecule has 0 fully saturated rings. The minimum absolute atomic E-state index is 0.0713. The number of methoxy groups -OCH3 is 1. The Morgan fingerprint density at radius 3 is 1.83 bits per heavy atom. The number of nitrogens with zero attached hydrogens (tertiary/aromatic N) is 1. The van der Waals surface area contributed by atoms with Gasteiger partial charge in [-0.1, -0.05) is 24.3 Å². The number of benzene rings is 2. The lowest BCUT2D eigenvalue weighted by Gasteiger charge is -2.05. The van der Waals surface area contributed by atoms with Gasteiger partial charge in [0.2, 0.25) is 0 Å². The van der Waals surface area contributed by atoms with Crippen molar-refractivity contribution in [1.29, 1.82) is 5.26 Å². The zero-order valence-electron chi connectivity index (χ0n) is 10.1. The molecular formula is C15H13NO2. The van der Waals surface area contributed by atoms with Gasteiger partial charge in [-0.25, -0.2) is 0 Å². The van der Waals surface area contributed by atoms with E-state index in [0.717, 1.165) is 16.9 Å². The SMILES string of the molecule is COc1ccc(-c2ccc(OCC#N)cc2)cc1. The third-order valence-electron chi connectivity index (χ3n) is 2.58. The molecule has 0 saturated heterocycles. The molecular weight excluding hydrogens is 226 g/mol. The van der Waals surface area contributed by atoms with Gasteiger partial charge in [0.05, 0.1) is 7.11 Å². The Balaban J connectivity index is 2.15. The average Bonchev–Trinajstić information content (AvgIpc) is 2.46. The fraction of sp³-hybridized carbons (Fsp3) is 0.133. The van der Waals surface area contributed by atoms with Crippen LogP contribution in [0.15, 0.2) is 48.5 Å². The van der Waals surface area contributed by atoms with Gasteiger partial charge in [-0.15, -0.1) is 0 Å². The molecule has 0 amide bonds. The van der Waals surface area contributed by atoms with Crippen molar-refractivity contribution in [2.45, 2.75) is 0 Å². The van der Waals surface area contributed by atoms with Crippen molar-refractivity contribution < 1.29 is 9.47 Å². The first-order valence-corrected chi connectivity index (χ1v) is 5.58. The lowest BCUT2D eigenvalue weighted by atomic mass is 10.1. The Kier molecular flexibility index (Phi) is 3.83. The van der Waals surface area contributed by atoms with Crippen molar-refractivity contribution in [2.24, 2.45) is 0 Å². The number of hydrogen-bond donors (Lipinski definition) is 0. The minimum atomic E-state index is 0.0713. The summed E-state index contributed by atoms with van der Waals surface area (Å²) in [5, 5.41) is 8.42. The maximum Gasteiger partial charge on any atom is 0.174 e. The zero-order valence-corrected chi connectivity index (χ0v) is 10.1. The van der Waals surface area contributed by atoms with Gasteiger partial charge >= 0.3 is 0 Å². The van der Waals surface area contributed by atoms with Crippen molar-refractivity contribution in [3.05, 3.63) is 48.5 Å². The van der Waals surface area contributed by atoms with Gasteiger partial charge < -0.3 is 9.47 Å². The van der Waals surface area contributed by atoms with Crippen LogP contribution in [0.25, 0.3) is 11.1 Å². The Bertz CT molecular complexity index is 538. The van der Waals surface area contributed by atoms with E-state index in [2.05, 4.69) is 0 Å². The second-order valence-electron chi connectivity index (χ2n) is 3.70. The minimum Gasteiger partial charge on any atom is -0.497 e. The van der Waals surface area contributed by atoms with E-state index in [0.29, 0.717) is 5.75 Å². The molecule has 0 heterocycles. The van der Waals surface area contributed by atoms with Crippen LogP contribution in [0.5, 0.6) is 11.5 Å². The summed E-state index contributed by atoms with van der Waals surface area (Å²) in [6.07, 6.45) is 0. The molecule has 0 N–H and O–H groups in total. The summed E-state index contributed by atoms with van der Waals surface area (Å²) in [6, 6.07) is 17.4. The van der Waals surface area contributed by atoms with Gasteiger partial charge in [0, 0.05) is 0 Å². The van der Waals surface area contributed by atoms with Crippen molar-refractivity contribution in [1.82, 2.24) is 0 Å². The molecule has 2 aromatic carbocycles. The van der Waals surface area contributed by atoms with E-state index < -0.39 is 0 Å². The highest BCUT2D eigenvalue weighted by atomic mass is 16.5. The molecule has 90 valence electrons. The molecule has 18 heavy (non-hydrogen) atoms. The van der Waals surface area contributed by atoms with Gasteiger partial charge in [0.15, 0.2) is 6.61 Å². The third-order valence-corrected chi connectivity index (χ3v) is 2.58. The van der Waals surface area contributed by atoms with Crippen LogP contribution < -0.4 is 9.47 Å². The zero-order chi connectivity index (χ0) is 12.8. The second kappa shape index (κ2) is 5.74. The molecule has 0 aliphatic rings. The van der Waals surface area contributed by atoms with Crippen LogP contribution in [-0.4, -0.2) is 13.7 Å². The highest BCUT2D eigenvalue weighted by Crippen LogP contribution is 2.24. The van der Waals surface area contributed by atoms with Gasteiger partial charge in [0.1, 0.15) is 17.6 Å². The number of rotatable bonds is 4. The van der Waals surface area contributed by atoms with Crippen LogP contribution in [0, 0.1) is 11.3 Å². The fourth-order valence-corrected chi connectivity index (χ4v) is 1.64. The summed E-state index contributed by atoms with van der Waals surface area (Å²) >= 11 is 0. The smallest absolute Gasteiger partial charge is 0.174 e. The summed E-state index contributed by atoms with van der Waals surface area (Å²) in [4.78, 5) is 0. The lowest BCUT2D eigenvalue weighted by molar-refractivity contribution is 0.368. The molecule has 0 spiro atoms. The van der Waals surface area contributed by atoms with E-state index in [-0.39, 0.29) is 6.61 Å². The molecule has 0 bridgehead atoms. The Morgan fingerprint density at radius 2 is 1.39 bits per heavy atom. The van der Waals surface area contributed by atoms with Crippen LogP contribution in [0.2, 0.25) is 0 Å². The predicted octanol–water partition coefficient (Wildman–Crippen LogP) is 3.26. The fourth-order valence-electron chi connectivity index (χ4n) is 1.64. The van der Waals surface area contributed by atoms with Crippen LogP contribution in [0.1, 0.15) is 0 Å². The molecule has 3 heteroatoms. The predicted molar refractivity (Wildman–Crippen MR) is 69.5 cm³/mol. The van der Waals surface area contributed by atoms with Crippen molar-refractivity contribution in [3.8, 4) is 28.7 Å². The molecule has 0 aliphatic heterocycles. The highest BCUT2D eigenvalue weighted by molar-refractivity contribution is 5.64. The van der Waals surface area contributed by atoms with Crippen LogP contribution in [0.4, 0.5) is 0 Å². The first kappa shape index (κ1) is 12.0. The van der Waals surface area contributed by atoms with Gasteiger partial charge in [-0.2, -0.15) is 5.26 Å². The average molecular weight is 239 g/mol. The Morgan fingerprint density at radius 1 is 0.889 bits per heavy atom. The third kappa shape index (κ3) is 2.80. The molecule has 0 saturated carbocycles. The first-order chi connectivity index (χ1) is 8.83.